The summed E-state index contributed by atoms with van der Waals surface area (Å²) >= 11 is 0. The van der Waals surface area contributed by atoms with Gasteiger partial charge in [0.2, 0.25) is 0 Å². The molecule has 3 aromatic carbocycles. The number of hydrogen-bond acceptors (Lipinski definition) is 4. The summed E-state index contributed by atoms with van der Waals surface area (Å²) in [6, 6.07) is 27.6. The summed E-state index contributed by atoms with van der Waals surface area (Å²) in [5.74, 6) is 0.991. The molecule has 6 N–H and O–H groups in total. The Bertz CT molecular complexity index is 1800. The van der Waals surface area contributed by atoms with Gasteiger partial charge in [0.05, 0.1) is 12.3 Å². The van der Waals surface area contributed by atoms with Crippen LogP contribution in [-0.2, 0) is 0 Å². The zero-order valence-corrected chi connectivity index (χ0v) is 29.4. The van der Waals surface area contributed by atoms with Gasteiger partial charge < -0.3 is 16.8 Å². The van der Waals surface area contributed by atoms with Crippen LogP contribution < -0.4 is 22.1 Å². The van der Waals surface area contributed by atoms with Gasteiger partial charge in [-0.15, -0.1) is 0 Å². The van der Waals surface area contributed by atoms with E-state index in [1.807, 2.05) is 6.08 Å². The van der Waals surface area contributed by atoms with E-state index in [1.54, 1.807) is 6.08 Å². The molecular weight excluding hydrogens is 597 g/mol. The maximum Gasteiger partial charge on any atom is 0.0827 e. The Morgan fingerprint density at radius 1 is 0.898 bits per heavy atom. The number of nitrogens with two attached hydrogens (primary N) is 2. The molecule has 0 aromatic heterocycles. The van der Waals surface area contributed by atoms with E-state index in [0.717, 1.165) is 24.1 Å². The summed E-state index contributed by atoms with van der Waals surface area (Å²) in [6.45, 7) is 13.6. The van der Waals surface area contributed by atoms with Crippen molar-refractivity contribution < 1.29 is 0 Å². The minimum absolute atomic E-state index is 0.199. The molecule has 0 saturated heterocycles. The van der Waals surface area contributed by atoms with E-state index in [0.29, 0.717) is 5.92 Å². The summed E-state index contributed by atoms with van der Waals surface area (Å²) in [7, 11) is 0. The average molecular weight is 649 g/mol. The van der Waals surface area contributed by atoms with Gasteiger partial charge in [0.25, 0.3) is 0 Å². The van der Waals surface area contributed by atoms with Crippen molar-refractivity contribution in [2.75, 3.05) is 6.54 Å². The summed E-state index contributed by atoms with van der Waals surface area (Å²) < 4.78 is 0. The van der Waals surface area contributed by atoms with Gasteiger partial charge in [-0.1, -0.05) is 160 Å². The van der Waals surface area contributed by atoms with Crippen LogP contribution in [0.15, 0.2) is 163 Å². The van der Waals surface area contributed by atoms with Gasteiger partial charge in [-0.3, -0.25) is 5.32 Å². The second kappa shape index (κ2) is 17.1. The van der Waals surface area contributed by atoms with E-state index in [9.17, 15) is 0 Å². The zero-order valence-electron chi connectivity index (χ0n) is 29.4. The van der Waals surface area contributed by atoms with Crippen molar-refractivity contribution in [2.45, 2.75) is 52.4 Å². The van der Waals surface area contributed by atoms with Crippen LogP contribution in [0.4, 0.5) is 0 Å². The van der Waals surface area contributed by atoms with Crippen molar-refractivity contribution in [1.29, 1.82) is 0 Å². The Morgan fingerprint density at radius 3 is 2.24 bits per heavy atom. The minimum Gasteiger partial charge on any atom is -0.385 e. The first-order valence-electron chi connectivity index (χ1n) is 17.5. The molecule has 0 amide bonds. The highest BCUT2D eigenvalue weighted by Gasteiger charge is 2.32. The fraction of sp³-hybridized carbons (Fsp3) is 0.244. The molecule has 0 saturated carbocycles. The van der Waals surface area contributed by atoms with E-state index < -0.39 is 6.17 Å². The second-order valence-electron chi connectivity index (χ2n) is 13.0. The van der Waals surface area contributed by atoms with Crippen molar-refractivity contribution >= 4 is 11.1 Å². The first kappa shape index (κ1) is 35.6. The summed E-state index contributed by atoms with van der Waals surface area (Å²) in [5.41, 5.74) is 25.6. The van der Waals surface area contributed by atoms with Crippen molar-refractivity contribution in [3.05, 3.63) is 191 Å². The molecule has 4 heteroatoms. The predicted molar refractivity (Wildman–Crippen MR) is 210 cm³/mol. The summed E-state index contributed by atoms with van der Waals surface area (Å²) in [5, 5.41) is 6.77. The quantitative estimate of drug-likeness (QED) is 0.131. The van der Waals surface area contributed by atoms with Gasteiger partial charge in [0.15, 0.2) is 0 Å². The molecule has 0 bridgehead atoms. The molecule has 5 unspecified atom stereocenters. The van der Waals surface area contributed by atoms with Crippen molar-refractivity contribution in [2.24, 2.45) is 23.3 Å². The molecule has 0 fully saturated rings. The van der Waals surface area contributed by atoms with Crippen molar-refractivity contribution in [1.82, 2.24) is 10.6 Å². The van der Waals surface area contributed by atoms with Gasteiger partial charge in [-0.25, -0.2) is 0 Å². The third kappa shape index (κ3) is 8.65. The molecule has 49 heavy (non-hydrogen) atoms. The van der Waals surface area contributed by atoms with E-state index >= 15 is 0 Å². The first-order valence-corrected chi connectivity index (χ1v) is 17.5. The van der Waals surface area contributed by atoms with Crippen LogP contribution in [0.2, 0.25) is 0 Å². The highest BCUT2D eigenvalue weighted by atomic mass is 15.1. The Balaban J connectivity index is 0.000000278. The van der Waals surface area contributed by atoms with Crippen LogP contribution >= 0.6 is 0 Å². The smallest absolute Gasteiger partial charge is 0.0827 e. The molecule has 5 atom stereocenters. The largest absolute Gasteiger partial charge is 0.385 e. The monoisotopic (exact) mass is 648 g/mol. The van der Waals surface area contributed by atoms with E-state index in [-0.39, 0.29) is 18.0 Å². The molecular formula is C45H52N4. The molecule has 0 spiro atoms. The third-order valence-electron chi connectivity index (χ3n) is 9.81. The van der Waals surface area contributed by atoms with E-state index in [4.69, 9.17) is 11.5 Å². The van der Waals surface area contributed by atoms with Crippen LogP contribution in [-0.4, -0.2) is 12.7 Å². The van der Waals surface area contributed by atoms with Gasteiger partial charge >= 0.3 is 0 Å². The van der Waals surface area contributed by atoms with Crippen LogP contribution in [0, 0.1) is 18.8 Å². The number of rotatable bonds is 10. The minimum atomic E-state index is -0.435. The Hall–Kier alpha value is -4.74. The van der Waals surface area contributed by atoms with E-state index in [1.165, 1.54) is 44.7 Å². The first-order chi connectivity index (χ1) is 23.8. The average Bonchev–Trinajstić information content (AvgIpc) is 3.14. The SMILES string of the molecule is C=C/C=C(/C1=CC=C(c2ccccc2)C2C=CC=CC12)C(N)NC(N)c1ccc(C(C)CC)cc1.CC1=C(c2ccccc2C)C=CCN1. The topological polar surface area (TPSA) is 76.1 Å². The van der Waals surface area contributed by atoms with Crippen molar-refractivity contribution in [3.63, 3.8) is 0 Å². The number of fused-ring (bicyclic) bond motifs is 1. The fourth-order valence-electron chi connectivity index (χ4n) is 6.74. The maximum absolute atomic E-state index is 6.73. The van der Waals surface area contributed by atoms with Gasteiger partial charge in [-0.2, -0.15) is 0 Å². The maximum atomic E-state index is 6.73. The Morgan fingerprint density at radius 2 is 1.57 bits per heavy atom. The molecule has 252 valence electrons. The van der Waals surface area contributed by atoms with Gasteiger partial charge in [0.1, 0.15) is 0 Å². The lowest BCUT2D eigenvalue weighted by Gasteiger charge is -2.35. The van der Waals surface area contributed by atoms with Crippen LogP contribution in [0.1, 0.15) is 67.1 Å². The molecule has 3 aromatic rings. The number of aryl methyl sites for hydroxylation is 1. The second-order valence-corrected chi connectivity index (χ2v) is 13.0. The standard InChI is InChI=1S/C32H37N3.C13H15N/c1-4-11-30(32(34)35-31(33)25-18-16-23(17-19-25)22(3)5-2)29-21-20-26(24-12-7-6-8-13-24)27-14-9-10-15-28(27)29;1-10-6-3-4-7-12(10)13-8-5-9-14-11(13)2/h4,6-22,27-28,31-32,35H,1,5,33-34H2,2-3H3;3-8,14H,9H2,1-2H3/b30-11-;. The molecule has 4 nitrogen and oxygen atoms in total. The molecule has 1 heterocycles. The van der Waals surface area contributed by atoms with E-state index in [2.05, 4.69) is 172 Å². The van der Waals surface area contributed by atoms with Crippen LogP contribution in [0.5, 0.6) is 0 Å². The lowest BCUT2D eigenvalue weighted by Crippen LogP contribution is -2.45. The number of hydrogen-bond donors (Lipinski definition) is 4. The van der Waals surface area contributed by atoms with Crippen LogP contribution in [0.25, 0.3) is 11.1 Å². The Kier molecular flexibility index (Phi) is 12.4. The highest BCUT2D eigenvalue weighted by molar-refractivity contribution is 5.79. The number of benzene rings is 3. The Labute approximate surface area is 294 Å². The molecule has 3 aliphatic rings. The van der Waals surface area contributed by atoms with Gasteiger partial charge in [0, 0.05) is 29.7 Å². The number of nitrogens with one attached hydrogen (secondary N) is 2. The fourth-order valence-corrected chi connectivity index (χ4v) is 6.74. The predicted octanol–water partition coefficient (Wildman–Crippen LogP) is 9.41. The normalized spacial score (nSPS) is 20.2. The molecule has 0 radical (unpaired) electrons. The summed E-state index contributed by atoms with van der Waals surface area (Å²) in [4.78, 5) is 0. The van der Waals surface area contributed by atoms with Crippen molar-refractivity contribution in [3.8, 4) is 0 Å². The lowest BCUT2D eigenvalue weighted by atomic mass is 9.71. The number of dihydropyridines is 1. The van der Waals surface area contributed by atoms with Crippen LogP contribution in [0.3, 0.4) is 0 Å². The zero-order chi connectivity index (χ0) is 34.8. The lowest BCUT2D eigenvalue weighted by molar-refractivity contribution is 0.484. The van der Waals surface area contributed by atoms with Gasteiger partial charge in [-0.05, 0) is 70.7 Å². The number of allylic oxidation sites excluding steroid dienone is 12. The molecule has 6 rings (SSSR count). The highest BCUT2D eigenvalue weighted by Crippen LogP contribution is 2.43. The molecule has 2 aliphatic carbocycles. The summed E-state index contributed by atoms with van der Waals surface area (Å²) in [6.07, 6.45) is 21.7. The third-order valence-corrected chi connectivity index (χ3v) is 9.81. The molecule has 1 aliphatic heterocycles.